The highest BCUT2D eigenvalue weighted by atomic mass is 35.5. The summed E-state index contributed by atoms with van der Waals surface area (Å²) >= 11 is 5.89. The van der Waals surface area contributed by atoms with Gasteiger partial charge >= 0.3 is 0 Å². The Morgan fingerprint density at radius 2 is 2.14 bits per heavy atom. The van der Waals surface area contributed by atoms with Gasteiger partial charge < -0.3 is 9.84 Å². The average Bonchev–Trinajstić information content (AvgIpc) is 3.29. The summed E-state index contributed by atoms with van der Waals surface area (Å²) in [4.78, 5) is 21.2. The minimum Gasteiger partial charge on any atom is -0.346 e. The molecule has 3 aromatic rings. The van der Waals surface area contributed by atoms with Crippen LogP contribution in [0.5, 0.6) is 0 Å². The van der Waals surface area contributed by atoms with Crippen LogP contribution in [0, 0.1) is 6.92 Å². The fourth-order valence-corrected chi connectivity index (χ4v) is 3.47. The number of halogens is 1. The molecule has 1 aliphatic rings. The van der Waals surface area contributed by atoms with Crippen LogP contribution in [0.4, 0.5) is 0 Å². The fourth-order valence-electron chi connectivity index (χ4n) is 3.34. The Kier molecular flexibility index (Phi) is 5.38. The van der Waals surface area contributed by atoms with E-state index in [9.17, 15) is 4.79 Å². The van der Waals surface area contributed by atoms with Gasteiger partial charge in [-0.25, -0.2) is 9.67 Å². The molecule has 0 bridgehead atoms. The molecule has 3 heterocycles. The number of nitrogens with zero attached hydrogens (tertiary/aromatic N) is 5. The Balaban J connectivity index is 1.28. The number of benzene rings is 1. The van der Waals surface area contributed by atoms with E-state index in [1.807, 2.05) is 23.7 Å². The summed E-state index contributed by atoms with van der Waals surface area (Å²) < 4.78 is 7.17. The predicted octanol–water partition coefficient (Wildman–Crippen LogP) is 3.26. The van der Waals surface area contributed by atoms with Crippen molar-refractivity contribution in [1.29, 1.82) is 0 Å². The van der Waals surface area contributed by atoms with Crippen LogP contribution in [0.3, 0.4) is 0 Å². The summed E-state index contributed by atoms with van der Waals surface area (Å²) in [6.07, 6.45) is 3.44. The third kappa shape index (κ3) is 4.22. The first-order valence-electron chi connectivity index (χ1n) is 9.38. The lowest BCUT2D eigenvalue weighted by atomic mass is 10.1. The topological polar surface area (TPSA) is 98.7 Å². The van der Waals surface area contributed by atoms with Crippen LogP contribution in [-0.2, 0) is 17.8 Å². The van der Waals surface area contributed by atoms with E-state index < -0.39 is 0 Å². The predicted molar refractivity (Wildman–Crippen MR) is 103 cm³/mol. The zero-order chi connectivity index (χ0) is 19.5. The Morgan fingerprint density at radius 1 is 1.32 bits per heavy atom. The van der Waals surface area contributed by atoms with Crippen LogP contribution in [0.1, 0.15) is 49.3 Å². The number of amides is 1. The second-order valence-corrected chi connectivity index (χ2v) is 7.31. The summed E-state index contributed by atoms with van der Waals surface area (Å²) in [5, 5.41) is 12.1. The number of hydrogen-bond donors (Lipinski definition) is 1. The van der Waals surface area contributed by atoms with Crippen LogP contribution >= 0.6 is 11.6 Å². The molecule has 0 fully saturated rings. The van der Waals surface area contributed by atoms with Crippen molar-refractivity contribution in [3.8, 4) is 11.4 Å². The Morgan fingerprint density at radius 3 is 2.96 bits per heavy atom. The molecule has 1 aromatic carbocycles. The van der Waals surface area contributed by atoms with Crippen molar-refractivity contribution in [2.24, 2.45) is 0 Å². The highest BCUT2D eigenvalue weighted by Gasteiger charge is 2.24. The Hall–Kier alpha value is -2.74. The van der Waals surface area contributed by atoms with E-state index in [2.05, 4.69) is 25.5 Å². The molecule has 9 heteroatoms. The molecule has 1 aliphatic heterocycles. The van der Waals surface area contributed by atoms with Gasteiger partial charge in [-0.05, 0) is 50.5 Å². The lowest BCUT2D eigenvalue weighted by Crippen LogP contribution is -2.33. The second-order valence-electron chi connectivity index (χ2n) is 6.87. The zero-order valence-electron chi connectivity index (χ0n) is 15.6. The maximum Gasteiger partial charge on any atom is 0.226 e. The summed E-state index contributed by atoms with van der Waals surface area (Å²) in [5.74, 6) is 2.63. The number of hydrogen-bond acceptors (Lipinski definition) is 6. The van der Waals surface area contributed by atoms with E-state index >= 15 is 0 Å². The van der Waals surface area contributed by atoms with Crippen molar-refractivity contribution in [3.05, 3.63) is 46.8 Å². The fraction of sp³-hybridized carbons (Fsp3) is 0.421. The molecule has 0 radical (unpaired) electrons. The van der Waals surface area contributed by atoms with E-state index in [4.69, 9.17) is 16.1 Å². The van der Waals surface area contributed by atoms with E-state index in [0.29, 0.717) is 36.0 Å². The smallest absolute Gasteiger partial charge is 0.226 e. The maximum absolute atomic E-state index is 12.3. The highest BCUT2D eigenvalue weighted by Crippen LogP contribution is 2.23. The van der Waals surface area contributed by atoms with Gasteiger partial charge in [-0.2, -0.15) is 10.1 Å². The number of nitrogens with one attached hydrogen (secondary N) is 1. The molecular formula is C19H21ClN6O2. The number of aryl methyl sites for hydroxylation is 3. The molecule has 0 saturated carbocycles. The van der Waals surface area contributed by atoms with E-state index in [1.165, 1.54) is 0 Å². The van der Waals surface area contributed by atoms with E-state index in [0.717, 1.165) is 36.6 Å². The third-order valence-electron chi connectivity index (χ3n) is 4.68. The van der Waals surface area contributed by atoms with Gasteiger partial charge in [0.05, 0.1) is 6.04 Å². The molecule has 0 aliphatic carbocycles. The van der Waals surface area contributed by atoms with Crippen LogP contribution in [0.2, 0.25) is 5.02 Å². The van der Waals surface area contributed by atoms with Crippen molar-refractivity contribution < 1.29 is 9.32 Å². The monoisotopic (exact) mass is 400 g/mol. The first-order chi connectivity index (χ1) is 13.6. The van der Waals surface area contributed by atoms with E-state index in [-0.39, 0.29) is 11.9 Å². The molecule has 28 heavy (non-hydrogen) atoms. The maximum atomic E-state index is 12.3. The van der Waals surface area contributed by atoms with Gasteiger partial charge in [0, 0.05) is 30.0 Å². The average molecular weight is 401 g/mol. The molecule has 4 rings (SSSR count). The first-order valence-corrected chi connectivity index (χ1v) is 9.75. The van der Waals surface area contributed by atoms with Crippen molar-refractivity contribution in [2.45, 2.75) is 51.6 Å². The summed E-state index contributed by atoms with van der Waals surface area (Å²) in [6.45, 7) is 2.72. The molecule has 1 N–H and O–H groups in total. The van der Waals surface area contributed by atoms with Gasteiger partial charge in [0.15, 0.2) is 0 Å². The second kappa shape index (κ2) is 8.10. The van der Waals surface area contributed by atoms with Crippen LogP contribution in [0.25, 0.3) is 11.4 Å². The minimum absolute atomic E-state index is 0.00320. The lowest BCUT2D eigenvalue weighted by Gasteiger charge is -2.23. The van der Waals surface area contributed by atoms with Gasteiger partial charge in [-0.1, -0.05) is 16.8 Å². The summed E-state index contributed by atoms with van der Waals surface area (Å²) in [5.41, 5.74) is 0.842. The van der Waals surface area contributed by atoms with Gasteiger partial charge in [-0.3, -0.25) is 4.79 Å². The van der Waals surface area contributed by atoms with Crippen molar-refractivity contribution >= 4 is 17.5 Å². The molecule has 0 saturated heterocycles. The van der Waals surface area contributed by atoms with Crippen LogP contribution < -0.4 is 5.32 Å². The van der Waals surface area contributed by atoms with Crippen molar-refractivity contribution in [2.75, 3.05) is 0 Å². The van der Waals surface area contributed by atoms with E-state index in [1.54, 1.807) is 12.1 Å². The molecule has 2 aromatic heterocycles. The Labute approximate surface area is 167 Å². The van der Waals surface area contributed by atoms with Gasteiger partial charge in [-0.15, -0.1) is 0 Å². The van der Waals surface area contributed by atoms with Gasteiger partial charge in [0.2, 0.25) is 17.6 Å². The van der Waals surface area contributed by atoms with Crippen LogP contribution in [0.15, 0.2) is 28.8 Å². The minimum atomic E-state index is -0.0673. The van der Waals surface area contributed by atoms with Crippen molar-refractivity contribution in [3.63, 3.8) is 0 Å². The molecule has 146 valence electrons. The van der Waals surface area contributed by atoms with Gasteiger partial charge in [0.25, 0.3) is 0 Å². The number of carbonyl (C=O) groups is 1. The number of carbonyl (C=O) groups excluding carboxylic acids is 1. The van der Waals surface area contributed by atoms with Crippen LogP contribution in [-0.4, -0.2) is 30.8 Å². The quantitative estimate of drug-likeness (QED) is 0.681. The summed E-state index contributed by atoms with van der Waals surface area (Å²) in [6, 6.07) is 7.18. The third-order valence-corrected chi connectivity index (χ3v) is 4.93. The molecule has 0 unspecified atom stereocenters. The number of fused-ring (bicyclic) bond motifs is 1. The number of rotatable bonds is 6. The van der Waals surface area contributed by atoms with Gasteiger partial charge in [0.1, 0.15) is 11.6 Å². The Bertz CT molecular complexity index is 965. The normalized spacial score (nSPS) is 16.0. The molecule has 0 spiro atoms. The zero-order valence-corrected chi connectivity index (χ0v) is 16.3. The largest absolute Gasteiger partial charge is 0.346 e. The first kappa shape index (κ1) is 18.6. The molecule has 1 atom stereocenters. The van der Waals surface area contributed by atoms with Crippen molar-refractivity contribution in [1.82, 2.24) is 30.2 Å². The highest BCUT2D eigenvalue weighted by molar-refractivity contribution is 6.30. The molecule has 8 nitrogen and oxygen atoms in total. The number of aromatic nitrogens is 5. The molecule has 1 amide bonds. The SMILES string of the molecule is Cc1nc2n(n1)CCC[C@H]2NC(=O)CCCc1nc(-c2ccc(Cl)cc2)no1. The molecular weight excluding hydrogens is 380 g/mol. The summed E-state index contributed by atoms with van der Waals surface area (Å²) in [7, 11) is 0. The standard InChI is InChI=1S/C19H21ClN6O2/c1-12-21-19-15(4-3-11-26(19)24-12)22-16(27)5-2-6-17-23-18(25-28-17)13-7-9-14(20)10-8-13/h7-10,15H,2-6,11H2,1H3,(H,22,27)/t15-/m1/s1. The lowest BCUT2D eigenvalue weighted by molar-refractivity contribution is -0.122.